The van der Waals surface area contributed by atoms with Gasteiger partial charge >= 0.3 is 0 Å². The summed E-state index contributed by atoms with van der Waals surface area (Å²) in [5, 5.41) is 18.9. The molecule has 17 heavy (non-hydrogen) atoms. The molecule has 0 aromatic carbocycles. The maximum Gasteiger partial charge on any atom is 0.157 e. The van der Waals surface area contributed by atoms with Crippen LogP contribution in [-0.2, 0) is 4.79 Å². The topological polar surface area (TPSA) is 57.5 Å². The van der Waals surface area contributed by atoms with Crippen molar-refractivity contribution in [1.29, 1.82) is 0 Å². The highest BCUT2D eigenvalue weighted by Gasteiger charge is 2.01. The lowest BCUT2D eigenvalue weighted by Gasteiger charge is -1.99. The second-order valence-corrected chi connectivity index (χ2v) is 3.50. The zero-order valence-electron chi connectivity index (χ0n) is 11.7. The number of hydrogen-bond donors (Lipinski definition) is 2. The van der Waals surface area contributed by atoms with Gasteiger partial charge in [0, 0.05) is 0 Å². The Labute approximate surface area is 104 Å². The summed E-state index contributed by atoms with van der Waals surface area (Å²) in [6.07, 6.45) is 3.54. The fourth-order valence-electron chi connectivity index (χ4n) is 0.790. The van der Waals surface area contributed by atoms with Crippen molar-refractivity contribution >= 4 is 5.78 Å². The fraction of sp³-hybridized carbons (Fsp3) is 0.500. The molecule has 0 atom stereocenters. The summed E-state index contributed by atoms with van der Waals surface area (Å²) in [5.74, 6) is -0.629. The minimum Gasteiger partial charge on any atom is -0.504 e. The molecule has 0 unspecified atom stereocenters. The first-order valence-electron chi connectivity index (χ1n) is 5.87. The Hall–Kier alpha value is -1.51. The summed E-state index contributed by atoms with van der Waals surface area (Å²) in [4.78, 5) is 10.9. The molecular weight excluding hydrogens is 216 g/mol. The third kappa shape index (κ3) is 8.31. The van der Waals surface area contributed by atoms with E-state index >= 15 is 0 Å². The van der Waals surface area contributed by atoms with Crippen LogP contribution in [0.25, 0.3) is 0 Å². The lowest BCUT2D eigenvalue weighted by molar-refractivity contribution is -0.113. The van der Waals surface area contributed by atoms with Gasteiger partial charge in [0.15, 0.2) is 17.3 Å². The van der Waals surface area contributed by atoms with Gasteiger partial charge in [0.1, 0.15) is 0 Å². The number of ketones is 1. The molecule has 0 spiro atoms. The molecular formula is C14H24O3. The minimum absolute atomic E-state index is 0.134. The van der Waals surface area contributed by atoms with E-state index in [4.69, 9.17) is 0 Å². The number of allylic oxidation sites excluding steroid dienone is 4. The Balaban J connectivity index is 0. The van der Waals surface area contributed by atoms with Crippen LogP contribution in [0.15, 0.2) is 34.8 Å². The number of aliphatic hydroxyl groups excluding tert-OH is 2. The fourth-order valence-corrected chi connectivity index (χ4v) is 0.790. The molecule has 0 aromatic heterocycles. The molecule has 0 rings (SSSR count). The molecule has 98 valence electrons. The van der Waals surface area contributed by atoms with E-state index in [2.05, 4.69) is 0 Å². The summed E-state index contributed by atoms with van der Waals surface area (Å²) < 4.78 is 0. The van der Waals surface area contributed by atoms with Crippen molar-refractivity contribution in [1.82, 2.24) is 0 Å². The molecule has 0 saturated heterocycles. The maximum atomic E-state index is 10.9. The second kappa shape index (κ2) is 9.70. The van der Waals surface area contributed by atoms with Gasteiger partial charge in [0.2, 0.25) is 0 Å². The van der Waals surface area contributed by atoms with E-state index in [0.717, 1.165) is 12.0 Å². The van der Waals surface area contributed by atoms with E-state index in [9.17, 15) is 15.0 Å². The largest absolute Gasteiger partial charge is 0.504 e. The number of Topliss-reactive ketones (excluding diaryl/α,β-unsaturated/α-hetero) is 1. The predicted octanol–water partition coefficient (Wildman–Crippen LogP) is 4.23. The average Bonchev–Trinajstić information content (AvgIpc) is 2.30. The Morgan fingerprint density at radius 1 is 1.00 bits per heavy atom. The Morgan fingerprint density at radius 2 is 1.41 bits per heavy atom. The smallest absolute Gasteiger partial charge is 0.157 e. The number of hydrogen-bond acceptors (Lipinski definition) is 3. The highest BCUT2D eigenvalue weighted by molar-refractivity contribution is 5.93. The molecule has 0 bridgehead atoms. The van der Waals surface area contributed by atoms with Crippen molar-refractivity contribution in [3.63, 3.8) is 0 Å². The van der Waals surface area contributed by atoms with Crippen LogP contribution in [0, 0.1) is 0 Å². The summed E-state index contributed by atoms with van der Waals surface area (Å²) in [5.41, 5.74) is 1.36. The number of carbonyl (C=O) groups excluding carboxylic acids is 1. The molecule has 0 fully saturated rings. The quantitative estimate of drug-likeness (QED) is 0.439. The van der Waals surface area contributed by atoms with Crippen LogP contribution in [0.5, 0.6) is 0 Å². The first-order valence-corrected chi connectivity index (χ1v) is 5.87. The normalized spacial score (nSPS) is 13.5. The van der Waals surface area contributed by atoms with E-state index in [0.29, 0.717) is 5.57 Å². The van der Waals surface area contributed by atoms with E-state index in [-0.39, 0.29) is 17.3 Å². The van der Waals surface area contributed by atoms with Crippen molar-refractivity contribution in [2.24, 2.45) is 0 Å². The molecule has 0 amide bonds. The van der Waals surface area contributed by atoms with E-state index in [1.54, 1.807) is 6.92 Å². The number of rotatable bonds is 4. The van der Waals surface area contributed by atoms with E-state index < -0.39 is 0 Å². The van der Waals surface area contributed by atoms with Gasteiger partial charge in [-0.15, -0.1) is 0 Å². The second-order valence-electron chi connectivity index (χ2n) is 3.50. The van der Waals surface area contributed by atoms with Gasteiger partial charge < -0.3 is 10.2 Å². The summed E-state index contributed by atoms with van der Waals surface area (Å²) in [6.45, 7) is 10.8. The summed E-state index contributed by atoms with van der Waals surface area (Å²) in [7, 11) is 0. The zero-order valence-corrected chi connectivity index (χ0v) is 11.7. The van der Waals surface area contributed by atoms with Crippen LogP contribution in [0.1, 0.15) is 48.0 Å². The molecule has 0 saturated carbocycles. The summed E-state index contributed by atoms with van der Waals surface area (Å²) in [6, 6.07) is 0. The monoisotopic (exact) mass is 240 g/mol. The van der Waals surface area contributed by atoms with Gasteiger partial charge in [-0.3, -0.25) is 4.79 Å². The average molecular weight is 240 g/mol. The Bertz CT molecular complexity index is 333. The molecule has 0 aromatic rings. The molecule has 0 aliphatic rings. The van der Waals surface area contributed by atoms with Crippen LogP contribution >= 0.6 is 0 Å². The molecule has 2 N–H and O–H groups in total. The number of aliphatic hydroxyl groups is 2. The van der Waals surface area contributed by atoms with Crippen molar-refractivity contribution in [3.8, 4) is 0 Å². The molecule has 0 radical (unpaired) electrons. The van der Waals surface area contributed by atoms with Gasteiger partial charge in [-0.1, -0.05) is 26.3 Å². The summed E-state index contributed by atoms with van der Waals surface area (Å²) >= 11 is 0. The van der Waals surface area contributed by atoms with E-state index in [1.165, 1.54) is 19.1 Å². The Kier molecular flexibility index (Phi) is 10.2. The van der Waals surface area contributed by atoms with Gasteiger partial charge in [0.25, 0.3) is 0 Å². The van der Waals surface area contributed by atoms with Crippen molar-refractivity contribution in [3.05, 3.63) is 34.8 Å². The van der Waals surface area contributed by atoms with Gasteiger partial charge in [-0.2, -0.15) is 0 Å². The molecule has 3 nitrogen and oxygen atoms in total. The van der Waals surface area contributed by atoms with Gasteiger partial charge in [-0.05, 0) is 44.9 Å². The van der Waals surface area contributed by atoms with Crippen LogP contribution in [0.3, 0.4) is 0 Å². The van der Waals surface area contributed by atoms with Gasteiger partial charge in [0.05, 0.1) is 0 Å². The van der Waals surface area contributed by atoms with E-state index in [1.807, 2.05) is 27.7 Å². The van der Waals surface area contributed by atoms with Crippen LogP contribution < -0.4 is 0 Å². The highest BCUT2D eigenvalue weighted by Crippen LogP contribution is 2.09. The maximum absolute atomic E-state index is 10.9. The molecule has 3 heteroatoms. The lowest BCUT2D eigenvalue weighted by Crippen LogP contribution is -1.94. The van der Waals surface area contributed by atoms with Crippen molar-refractivity contribution in [2.45, 2.75) is 48.0 Å². The van der Waals surface area contributed by atoms with Crippen LogP contribution in [0.4, 0.5) is 0 Å². The molecule has 0 aliphatic carbocycles. The standard InChI is InChI=1S/C12H18O3.C2H6/c1-5-8(2)6-11(14)12(15)7-9(3)10(4)13;1-2/h6-7,14-15H,5H2,1-4H3;1-2H3/b8-6+,9-7+,12-11-;. The number of carbonyl (C=O) groups is 1. The molecule has 0 aliphatic heterocycles. The lowest BCUT2D eigenvalue weighted by atomic mass is 10.1. The SMILES string of the molecule is CC.CC/C(C)=C/C(O)=C(O)\C=C(/C)C(C)=O. The van der Waals surface area contributed by atoms with Crippen LogP contribution in [0.2, 0.25) is 0 Å². The van der Waals surface area contributed by atoms with Gasteiger partial charge in [-0.25, -0.2) is 0 Å². The first kappa shape index (κ1) is 17.9. The zero-order chi connectivity index (χ0) is 14.0. The van der Waals surface area contributed by atoms with Crippen molar-refractivity contribution in [2.75, 3.05) is 0 Å². The highest BCUT2D eigenvalue weighted by atomic mass is 16.3. The Morgan fingerprint density at radius 3 is 1.76 bits per heavy atom. The predicted molar refractivity (Wildman–Crippen MR) is 72.1 cm³/mol. The third-order valence-corrected chi connectivity index (χ3v) is 2.11. The van der Waals surface area contributed by atoms with Crippen molar-refractivity contribution < 1.29 is 15.0 Å². The van der Waals surface area contributed by atoms with Crippen LogP contribution in [-0.4, -0.2) is 16.0 Å². The third-order valence-electron chi connectivity index (χ3n) is 2.11. The minimum atomic E-state index is -0.282. The first-order chi connectivity index (χ1) is 7.88. The molecule has 0 heterocycles.